The molecule has 0 saturated carbocycles. The second kappa shape index (κ2) is 16.3. The van der Waals surface area contributed by atoms with Crippen molar-refractivity contribution in [1.82, 2.24) is 14.9 Å². The van der Waals surface area contributed by atoms with Gasteiger partial charge in [-0.05, 0) is 96.4 Å². The van der Waals surface area contributed by atoms with Gasteiger partial charge in [-0.25, -0.2) is 0 Å². The average molecular weight is 711 g/mol. The number of methoxy groups -OCH3 is 6. The SMILES string of the molecule is COc1cc(-c2cc(CN3CCC(N(Cc4ccnc(-c5cc(OC)c(OC)c(OC)c5)c4)c4cc(C)cs4)CC3)ccn2)cc(OC)c1OC. The van der Waals surface area contributed by atoms with Crippen LogP contribution in [0.5, 0.6) is 34.5 Å². The molecule has 0 radical (unpaired) electrons. The zero-order valence-electron chi connectivity index (χ0n) is 30.4. The maximum atomic E-state index is 5.61. The van der Waals surface area contributed by atoms with Crippen molar-refractivity contribution < 1.29 is 28.4 Å². The van der Waals surface area contributed by atoms with Crippen molar-refractivity contribution in [3.05, 3.63) is 89.1 Å². The lowest BCUT2D eigenvalue weighted by atomic mass is 10.0. The molecular formula is C40H46N4O6S. The molecule has 1 aliphatic rings. The summed E-state index contributed by atoms with van der Waals surface area (Å²) >= 11 is 1.81. The Morgan fingerprint density at radius 3 is 1.61 bits per heavy atom. The summed E-state index contributed by atoms with van der Waals surface area (Å²) < 4.78 is 33.4. The van der Waals surface area contributed by atoms with E-state index in [4.69, 9.17) is 33.4 Å². The Labute approximate surface area is 304 Å². The molecule has 11 heteroatoms. The van der Waals surface area contributed by atoms with Crippen molar-refractivity contribution in [3.8, 4) is 57.0 Å². The number of aromatic nitrogens is 2. The Hall–Kier alpha value is -5.00. The van der Waals surface area contributed by atoms with Gasteiger partial charge in [0.2, 0.25) is 11.5 Å². The van der Waals surface area contributed by atoms with Crippen LogP contribution in [0.2, 0.25) is 0 Å². The zero-order chi connectivity index (χ0) is 35.9. The number of pyridine rings is 2. The average Bonchev–Trinajstić information content (AvgIpc) is 3.61. The molecule has 0 N–H and O–H groups in total. The van der Waals surface area contributed by atoms with E-state index in [1.807, 2.05) is 48.0 Å². The maximum Gasteiger partial charge on any atom is 0.203 e. The Bertz CT molecular complexity index is 1890. The van der Waals surface area contributed by atoms with Gasteiger partial charge in [0, 0.05) is 55.7 Å². The first-order valence-corrected chi connectivity index (χ1v) is 17.8. The molecule has 1 aliphatic heterocycles. The summed E-state index contributed by atoms with van der Waals surface area (Å²) in [6.07, 6.45) is 5.89. The minimum atomic E-state index is 0.407. The van der Waals surface area contributed by atoms with Gasteiger partial charge in [0.15, 0.2) is 23.0 Å². The number of piperidine rings is 1. The van der Waals surface area contributed by atoms with E-state index in [9.17, 15) is 0 Å². The topological polar surface area (TPSA) is 87.6 Å². The van der Waals surface area contributed by atoms with Crippen LogP contribution in [-0.4, -0.2) is 76.7 Å². The number of likely N-dealkylation sites (tertiary alicyclic amines) is 1. The van der Waals surface area contributed by atoms with Gasteiger partial charge in [-0.15, -0.1) is 11.3 Å². The number of hydrogen-bond donors (Lipinski definition) is 0. The molecule has 1 saturated heterocycles. The molecule has 0 unspecified atom stereocenters. The van der Waals surface area contributed by atoms with Gasteiger partial charge in [0.1, 0.15) is 0 Å². The summed E-state index contributed by atoms with van der Waals surface area (Å²) in [6.45, 7) is 5.80. The van der Waals surface area contributed by atoms with Crippen LogP contribution in [0.3, 0.4) is 0 Å². The van der Waals surface area contributed by atoms with Crippen molar-refractivity contribution >= 4 is 16.3 Å². The van der Waals surface area contributed by atoms with Crippen molar-refractivity contribution in [1.29, 1.82) is 0 Å². The number of hydrogen-bond acceptors (Lipinski definition) is 11. The summed E-state index contributed by atoms with van der Waals surface area (Å²) in [4.78, 5) is 14.5. The molecule has 1 fully saturated rings. The predicted octanol–water partition coefficient (Wildman–Crippen LogP) is 7.90. The fourth-order valence-electron chi connectivity index (χ4n) is 6.72. The number of rotatable bonds is 14. The molecule has 0 amide bonds. The lowest BCUT2D eigenvalue weighted by molar-refractivity contribution is 0.201. The van der Waals surface area contributed by atoms with E-state index in [0.717, 1.165) is 61.5 Å². The monoisotopic (exact) mass is 710 g/mol. The van der Waals surface area contributed by atoms with Crippen molar-refractivity contribution in [2.45, 2.75) is 38.9 Å². The number of thiophene rings is 1. The van der Waals surface area contributed by atoms with E-state index in [1.165, 1.54) is 21.7 Å². The van der Waals surface area contributed by atoms with Gasteiger partial charge in [-0.2, -0.15) is 0 Å². The minimum Gasteiger partial charge on any atom is -0.493 e. The summed E-state index contributed by atoms with van der Waals surface area (Å²) in [5.41, 5.74) is 7.23. The molecule has 0 aliphatic carbocycles. The number of aryl methyl sites for hydroxylation is 1. The number of benzene rings is 2. The molecule has 3 aromatic heterocycles. The first-order valence-electron chi connectivity index (χ1n) is 16.9. The van der Waals surface area contributed by atoms with Crippen LogP contribution in [0.15, 0.2) is 72.4 Å². The first-order chi connectivity index (χ1) is 24.9. The van der Waals surface area contributed by atoms with Gasteiger partial charge in [-0.3, -0.25) is 14.9 Å². The predicted molar refractivity (Wildman–Crippen MR) is 202 cm³/mol. The molecule has 0 atom stereocenters. The van der Waals surface area contributed by atoms with E-state index >= 15 is 0 Å². The van der Waals surface area contributed by atoms with E-state index in [-0.39, 0.29) is 0 Å². The third kappa shape index (κ3) is 8.00. The Morgan fingerprint density at radius 2 is 1.16 bits per heavy atom. The number of ether oxygens (including phenoxy) is 6. The molecule has 0 spiro atoms. The maximum absolute atomic E-state index is 5.61. The Morgan fingerprint density at radius 1 is 0.667 bits per heavy atom. The fraction of sp³-hybridized carbons (Fsp3) is 0.350. The molecule has 51 heavy (non-hydrogen) atoms. The van der Waals surface area contributed by atoms with Gasteiger partial charge < -0.3 is 33.3 Å². The van der Waals surface area contributed by atoms with Crippen LogP contribution >= 0.6 is 11.3 Å². The summed E-state index contributed by atoms with van der Waals surface area (Å²) in [5.74, 6) is 3.55. The molecule has 10 nitrogen and oxygen atoms in total. The lowest BCUT2D eigenvalue weighted by Gasteiger charge is -2.39. The first kappa shape index (κ1) is 35.8. The molecular weight excluding hydrogens is 665 g/mol. The van der Waals surface area contributed by atoms with E-state index in [1.54, 1.807) is 42.7 Å². The van der Waals surface area contributed by atoms with Gasteiger partial charge in [-0.1, -0.05) is 0 Å². The Kier molecular flexibility index (Phi) is 11.5. The van der Waals surface area contributed by atoms with Crippen LogP contribution in [0, 0.1) is 6.92 Å². The van der Waals surface area contributed by atoms with Crippen LogP contribution in [-0.2, 0) is 13.1 Å². The Balaban J connectivity index is 1.17. The fourth-order valence-corrected chi connectivity index (χ4v) is 7.69. The summed E-state index contributed by atoms with van der Waals surface area (Å²) in [5, 5.41) is 3.53. The van der Waals surface area contributed by atoms with Crippen LogP contribution in [0.25, 0.3) is 22.5 Å². The lowest BCUT2D eigenvalue weighted by Crippen LogP contribution is -2.44. The normalized spacial score (nSPS) is 13.5. The number of nitrogens with zero attached hydrogens (tertiary/aromatic N) is 4. The van der Waals surface area contributed by atoms with E-state index < -0.39 is 0 Å². The van der Waals surface area contributed by atoms with Crippen LogP contribution in [0.4, 0.5) is 5.00 Å². The third-order valence-electron chi connectivity index (χ3n) is 9.33. The van der Waals surface area contributed by atoms with Crippen molar-refractivity contribution in [2.24, 2.45) is 0 Å². The highest BCUT2D eigenvalue weighted by atomic mass is 32.1. The van der Waals surface area contributed by atoms with Crippen molar-refractivity contribution in [3.63, 3.8) is 0 Å². The highest BCUT2D eigenvalue weighted by Gasteiger charge is 2.27. The second-order valence-corrected chi connectivity index (χ2v) is 13.4. The van der Waals surface area contributed by atoms with Crippen LogP contribution < -0.4 is 33.3 Å². The molecule has 6 rings (SSSR count). The molecule has 4 heterocycles. The molecule has 268 valence electrons. The third-order valence-corrected chi connectivity index (χ3v) is 10.4. The summed E-state index contributed by atoms with van der Waals surface area (Å²) in [6, 6.07) is 19.0. The van der Waals surface area contributed by atoms with Gasteiger partial charge in [0.05, 0.1) is 59.0 Å². The largest absolute Gasteiger partial charge is 0.493 e. The number of anilines is 1. The standard InChI is InChI=1S/C40H46N4O6S/c1-26-16-38(51-25-26)44(24-28-9-13-42-33(18-28)30-21-36(47-4)40(50-7)37(22-30)48-5)31-10-14-43(15-11-31)23-27-8-12-41-32(17-27)29-19-34(45-2)39(49-6)35(20-29)46-3/h8-9,12-13,16-22,25,31H,10-11,14-15,23-24H2,1-7H3. The highest BCUT2D eigenvalue weighted by Crippen LogP contribution is 2.42. The van der Waals surface area contributed by atoms with Crippen LogP contribution in [0.1, 0.15) is 29.5 Å². The molecule has 2 aromatic carbocycles. The van der Waals surface area contributed by atoms with E-state index in [2.05, 4.69) is 57.4 Å². The second-order valence-electron chi connectivity index (χ2n) is 12.5. The molecule has 0 bridgehead atoms. The van der Waals surface area contributed by atoms with Gasteiger partial charge >= 0.3 is 0 Å². The highest BCUT2D eigenvalue weighted by molar-refractivity contribution is 7.14. The van der Waals surface area contributed by atoms with Gasteiger partial charge in [0.25, 0.3) is 0 Å². The van der Waals surface area contributed by atoms with Crippen molar-refractivity contribution in [2.75, 3.05) is 60.6 Å². The minimum absolute atomic E-state index is 0.407. The quantitative estimate of drug-likeness (QED) is 0.113. The molecule has 5 aromatic rings. The zero-order valence-corrected chi connectivity index (χ0v) is 31.2. The summed E-state index contributed by atoms with van der Waals surface area (Å²) in [7, 11) is 9.73. The smallest absolute Gasteiger partial charge is 0.203 e. The van der Waals surface area contributed by atoms with E-state index in [0.29, 0.717) is 40.5 Å².